The highest BCUT2D eigenvalue weighted by molar-refractivity contribution is 7.80. The van der Waals surface area contributed by atoms with Crippen LogP contribution in [0, 0.1) is 0 Å². The van der Waals surface area contributed by atoms with E-state index in [1.165, 1.54) is 4.88 Å². The van der Waals surface area contributed by atoms with E-state index in [0.29, 0.717) is 11.7 Å². The third-order valence-corrected chi connectivity index (χ3v) is 5.62. The number of benzene rings is 1. The van der Waals surface area contributed by atoms with Gasteiger partial charge in [-0.2, -0.15) is 0 Å². The Bertz CT molecular complexity index is 866. The molecule has 1 saturated heterocycles. The number of pyridine rings is 1. The predicted octanol–water partition coefficient (Wildman–Crippen LogP) is 4.72. The van der Waals surface area contributed by atoms with E-state index in [4.69, 9.17) is 17.0 Å². The number of thiophene rings is 1. The third kappa shape index (κ3) is 3.18. The molecule has 2 aromatic heterocycles. The fraction of sp³-hybridized carbons (Fsp3) is 0.200. The van der Waals surface area contributed by atoms with Crippen molar-refractivity contribution in [1.29, 1.82) is 0 Å². The van der Waals surface area contributed by atoms with Gasteiger partial charge in [-0.3, -0.25) is 4.98 Å². The molecule has 0 unspecified atom stereocenters. The number of nitrogens with one attached hydrogen (secondary N) is 1. The van der Waals surface area contributed by atoms with Crippen LogP contribution in [0.15, 0.2) is 66.2 Å². The van der Waals surface area contributed by atoms with Gasteiger partial charge in [-0.15, -0.1) is 11.3 Å². The molecule has 26 heavy (non-hydrogen) atoms. The Morgan fingerprint density at radius 2 is 2.00 bits per heavy atom. The highest BCUT2D eigenvalue weighted by Gasteiger charge is 2.41. The largest absolute Gasteiger partial charge is 0.494 e. The molecule has 4 rings (SSSR count). The maximum atomic E-state index is 5.70. The van der Waals surface area contributed by atoms with Crippen LogP contribution in [-0.2, 0) is 0 Å². The standard InChI is InChI=1S/C20H19N3OS2/c1-2-24-15-10-8-14(9-11-15)23-19(17-7-5-13-26-17)18(22-20(23)25)16-6-3-4-12-21-16/h3-13,18-19H,2H2,1H3,(H,22,25)/t18-,19-/m1/s1. The van der Waals surface area contributed by atoms with Gasteiger partial charge in [0.1, 0.15) is 5.75 Å². The van der Waals surface area contributed by atoms with Gasteiger partial charge in [0.2, 0.25) is 0 Å². The predicted molar refractivity (Wildman–Crippen MR) is 110 cm³/mol. The van der Waals surface area contributed by atoms with E-state index >= 15 is 0 Å². The zero-order valence-corrected chi connectivity index (χ0v) is 16.0. The first-order chi connectivity index (χ1) is 12.8. The topological polar surface area (TPSA) is 37.4 Å². The Labute approximate surface area is 162 Å². The van der Waals surface area contributed by atoms with E-state index in [-0.39, 0.29) is 12.1 Å². The molecular weight excluding hydrogens is 362 g/mol. The van der Waals surface area contributed by atoms with Gasteiger partial charge in [0.05, 0.1) is 24.4 Å². The molecule has 3 aromatic rings. The number of nitrogens with zero attached hydrogens (tertiary/aromatic N) is 2. The second kappa shape index (κ2) is 7.43. The minimum Gasteiger partial charge on any atom is -0.494 e. The van der Waals surface area contributed by atoms with Gasteiger partial charge in [-0.25, -0.2) is 0 Å². The number of thiocarbonyl (C=S) groups is 1. The van der Waals surface area contributed by atoms with Crippen molar-refractivity contribution < 1.29 is 4.74 Å². The summed E-state index contributed by atoms with van der Waals surface area (Å²) in [5, 5.41) is 6.28. The SMILES string of the molecule is CCOc1ccc(N2C(=S)N[C@H](c3ccccn3)[C@H]2c2cccs2)cc1. The first-order valence-electron chi connectivity index (χ1n) is 8.55. The molecule has 0 aliphatic carbocycles. The van der Waals surface area contributed by atoms with Crippen molar-refractivity contribution in [2.75, 3.05) is 11.5 Å². The van der Waals surface area contributed by atoms with E-state index in [1.807, 2.05) is 43.5 Å². The lowest BCUT2D eigenvalue weighted by Gasteiger charge is -2.27. The van der Waals surface area contributed by atoms with Gasteiger partial charge in [0, 0.05) is 16.8 Å². The second-order valence-corrected chi connectivity index (χ2v) is 7.30. The quantitative estimate of drug-likeness (QED) is 0.647. The van der Waals surface area contributed by atoms with Crippen molar-refractivity contribution in [2.45, 2.75) is 19.0 Å². The van der Waals surface area contributed by atoms with Gasteiger partial charge >= 0.3 is 0 Å². The van der Waals surface area contributed by atoms with Gasteiger partial charge < -0.3 is 15.0 Å². The van der Waals surface area contributed by atoms with Gasteiger partial charge in [-0.1, -0.05) is 12.1 Å². The molecule has 1 aliphatic rings. The molecule has 1 fully saturated rings. The molecular formula is C20H19N3OS2. The zero-order chi connectivity index (χ0) is 17.9. The molecule has 0 spiro atoms. The summed E-state index contributed by atoms with van der Waals surface area (Å²) in [6, 6.07) is 18.4. The van der Waals surface area contributed by atoms with Crippen LogP contribution in [0.5, 0.6) is 5.75 Å². The Kier molecular flexibility index (Phi) is 4.86. The Morgan fingerprint density at radius 3 is 2.65 bits per heavy atom. The zero-order valence-electron chi connectivity index (χ0n) is 14.3. The number of hydrogen-bond donors (Lipinski definition) is 1. The lowest BCUT2D eigenvalue weighted by molar-refractivity contribution is 0.340. The summed E-state index contributed by atoms with van der Waals surface area (Å²) in [6.45, 7) is 2.64. The van der Waals surface area contributed by atoms with Crippen LogP contribution in [0.25, 0.3) is 0 Å². The van der Waals surface area contributed by atoms with Crippen molar-refractivity contribution in [3.8, 4) is 5.75 Å². The molecule has 1 aromatic carbocycles. The average Bonchev–Trinajstić information content (AvgIpc) is 3.31. The van der Waals surface area contributed by atoms with Crippen LogP contribution < -0.4 is 15.0 Å². The average molecular weight is 382 g/mol. The molecule has 6 heteroatoms. The molecule has 132 valence electrons. The highest BCUT2D eigenvalue weighted by atomic mass is 32.1. The van der Waals surface area contributed by atoms with Crippen LogP contribution in [0.4, 0.5) is 5.69 Å². The Hall–Kier alpha value is -2.44. The lowest BCUT2D eigenvalue weighted by atomic mass is 10.0. The minimum absolute atomic E-state index is 0.00826. The number of anilines is 1. The van der Waals surface area contributed by atoms with E-state index < -0.39 is 0 Å². The number of rotatable bonds is 5. The summed E-state index contributed by atoms with van der Waals surface area (Å²) < 4.78 is 5.56. The molecule has 2 atom stereocenters. The van der Waals surface area contributed by atoms with Gasteiger partial charge in [-0.05, 0) is 67.0 Å². The van der Waals surface area contributed by atoms with Crippen molar-refractivity contribution in [2.24, 2.45) is 0 Å². The molecule has 1 N–H and O–H groups in total. The maximum absolute atomic E-state index is 5.70. The highest BCUT2D eigenvalue weighted by Crippen LogP contribution is 2.43. The third-order valence-electron chi connectivity index (χ3n) is 4.36. The van der Waals surface area contributed by atoms with Crippen LogP contribution in [0.3, 0.4) is 0 Å². The number of aromatic nitrogens is 1. The lowest BCUT2D eigenvalue weighted by Crippen LogP contribution is -2.29. The normalized spacial score (nSPS) is 19.4. The Balaban J connectivity index is 1.73. The molecule has 0 saturated carbocycles. The van der Waals surface area contributed by atoms with E-state index in [1.54, 1.807) is 11.3 Å². The summed E-state index contributed by atoms with van der Waals surface area (Å²) in [6.07, 6.45) is 1.82. The monoisotopic (exact) mass is 381 g/mol. The smallest absolute Gasteiger partial charge is 0.174 e. The van der Waals surface area contributed by atoms with Crippen molar-refractivity contribution in [3.05, 3.63) is 76.7 Å². The van der Waals surface area contributed by atoms with E-state index in [0.717, 1.165) is 17.1 Å². The Morgan fingerprint density at radius 1 is 1.15 bits per heavy atom. The second-order valence-electron chi connectivity index (χ2n) is 5.94. The maximum Gasteiger partial charge on any atom is 0.174 e. The molecule has 0 bridgehead atoms. The van der Waals surface area contributed by atoms with E-state index in [9.17, 15) is 0 Å². The molecule has 3 heterocycles. The fourth-order valence-corrected chi connectivity index (χ4v) is 4.45. The number of hydrogen-bond acceptors (Lipinski definition) is 4. The van der Waals surface area contributed by atoms with Crippen molar-refractivity contribution >= 4 is 34.4 Å². The summed E-state index contributed by atoms with van der Waals surface area (Å²) >= 11 is 7.43. The first-order valence-corrected chi connectivity index (χ1v) is 9.83. The molecule has 0 amide bonds. The minimum atomic E-state index is 0.00826. The van der Waals surface area contributed by atoms with Crippen LogP contribution >= 0.6 is 23.6 Å². The van der Waals surface area contributed by atoms with Crippen LogP contribution in [0.1, 0.15) is 29.6 Å². The summed E-state index contributed by atoms with van der Waals surface area (Å²) in [5.74, 6) is 0.864. The number of ether oxygens (including phenoxy) is 1. The first kappa shape index (κ1) is 17.0. The van der Waals surface area contributed by atoms with Gasteiger partial charge in [0.25, 0.3) is 0 Å². The van der Waals surface area contributed by atoms with Crippen LogP contribution in [-0.4, -0.2) is 16.7 Å². The summed E-state index contributed by atoms with van der Waals surface area (Å²) in [4.78, 5) is 7.99. The van der Waals surface area contributed by atoms with Crippen LogP contribution in [0.2, 0.25) is 0 Å². The van der Waals surface area contributed by atoms with E-state index in [2.05, 4.69) is 44.8 Å². The molecule has 0 radical (unpaired) electrons. The summed E-state index contributed by atoms with van der Waals surface area (Å²) in [7, 11) is 0. The van der Waals surface area contributed by atoms with Crippen molar-refractivity contribution in [1.82, 2.24) is 10.3 Å². The molecule has 1 aliphatic heterocycles. The molecule has 4 nitrogen and oxygen atoms in total. The van der Waals surface area contributed by atoms with Gasteiger partial charge in [0.15, 0.2) is 5.11 Å². The van der Waals surface area contributed by atoms with Crippen molar-refractivity contribution in [3.63, 3.8) is 0 Å². The summed E-state index contributed by atoms with van der Waals surface area (Å²) in [5.41, 5.74) is 2.03. The fourth-order valence-electron chi connectivity index (χ4n) is 3.25.